The zero-order valence-corrected chi connectivity index (χ0v) is 7.60. The van der Waals surface area contributed by atoms with Crippen molar-refractivity contribution in [1.82, 2.24) is 0 Å². The highest BCUT2D eigenvalue weighted by Crippen LogP contribution is 2.52. The minimum Gasteiger partial charge on any atom is -0.353 e. The van der Waals surface area contributed by atoms with E-state index in [9.17, 15) is 48.3 Å². The van der Waals surface area contributed by atoms with Gasteiger partial charge in [0.2, 0.25) is 0 Å². The molecule has 1 nitrogen and oxygen atoms in total. The Labute approximate surface area is 90.5 Å². The second-order valence-corrected chi connectivity index (χ2v) is 2.83. The molecule has 0 saturated heterocycles. The molecule has 0 aromatic carbocycles. The van der Waals surface area contributed by atoms with Crippen molar-refractivity contribution in [1.29, 1.82) is 0 Å². The maximum atomic E-state index is 12.6. The monoisotopic (exact) mass is 298 g/mol. The third-order valence-corrected chi connectivity index (χ3v) is 1.58. The zero-order valence-electron chi connectivity index (χ0n) is 7.60. The fourth-order valence-corrected chi connectivity index (χ4v) is 0.765. The van der Waals surface area contributed by atoms with Gasteiger partial charge in [-0.15, -0.1) is 0 Å². The van der Waals surface area contributed by atoms with Crippen molar-refractivity contribution in [2.45, 2.75) is 24.1 Å². The van der Waals surface area contributed by atoms with Gasteiger partial charge < -0.3 is 5.11 Å². The second kappa shape index (κ2) is 4.24. The van der Waals surface area contributed by atoms with Gasteiger partial charge in [-0.05, 0) is 0 Å². The Morgan fingerprint density at radius 2 is 1.06 bits per heavy atom. The minimum absolute atomic E-state index is 4.25. The molecule has 18 heavy (non-hydrogen) atoms. The topological polar surface area (TPSA) is 20.2 Å². The maximum Gasteiger partial charge on any atom is 0.459 e. The Morgan fingerprint density at radius 3 is 1.22 bits per heavy atom. The van der Waals surface area contributed by atoms with Crippen LogP contribution < -0.4 is 0 Å². The second-order valence-electron chi connectivity index (χ2n) is 2.83. The Hall–Kier alpha value is -1.07. The molecule has 0 heterocycles. The highest BCUT2D eigenvalue weighted by atomic mass is 19.4. The van der Waals surface area contributed by atoms with Gasteiger partial charge in [-0.25, -0.2) is 0 Å². The Morgan fingerprint density at radius 1 is 0.722 bits per heavy atom. The van der Waals surface area contributed by atoms with E-state index in [1.807, 2.05) is 0 Å². The molecule has 0 saturated carbocycles. The molecule has 12 heteroatoms. The Kier molecular flexibility index (Phi) is 3.99. The summed E-state index contributed by atoms with van der Waals surface area (Å²) in [6.07, 6.45) is -17.9. The Bertz CT molecular complexity index is 342. The van der Waals surface area contributed by atoms with Gasteiger partial charge in [0.05, 0.1) is 0 Å². The predicted octanol–water partition coefficient (Wildman–Crippen LogP) is 3.55. The summed E-state index contributed by atoms with van der Waals surface area (Å²) < 4.78 is 130. The molecule has 0 amide bonds. The van der Waals surface area contributed by atoms with Gasteiger partial charge in [0.25, 0.3) is 6.08 Å². The van der Waals surface area contributed by atoms with Crippen molar-refractivity contribution < 1.29 is 53.4 Å². The highest BCUT2D eigenvalue weighted by molar-refractivity contribution is 5.24. The van der Waals surface area contributed by atoms with Crippen LogP contribution in [0.25, 0.3) is 0 Å². The molecular weight excluding hydrogens is 297 g/mol. The fraction of sp³-hybridized carbons (Fsp3) is 0.667. The normalized spacial score (nSPS) is 17.3. The number of hydrogen-bond acceptors (Lipinski definition) is 1. The summed E-state index contributed by atoms with van der Waals surface area (Å²) in [5.74, 6) is -13.7. The summed E-state index contributed by atoms with van der Waals surface area (Å²) in [7, 11) is 0. The van der Waals surface area contributed by atoms with E-state index in [4.69, 9.17) is 5.11 Å². The first-order valence-corrected chi connectivity index (χ1v) is 3.55. The van der Waals surface area contributed by atoms with Gasteiger partial charge in [0, 0.05) is 0 Å². The van der Waals surface area contributed by atoms with E-state index in [-0.39, 0.29) is 0 Å². The third-order valence-electron chi connectivity index (χ3n) is 1.58. The van der Waals surface area contributed by atoms with E-state index in [0.717, 1.165) is 0 Å². The van der Waals surface area contributed by atoms with Crippen LogP contribution in [0.3, 0.4) is 0 Å². The lowest BCUT2D eigenvalue weighted by Gasteiger charge is -2.31. The van der Waals surface area contributed by atoms with Gasteiger partial charge >= 0.3 is 24.1 Å². The number of halogens is 11. The fourth-order valence-electron chi connectivity index (χ4n) is 0.765. The standard InChI is InChI=1S/C6HF11O/c7-2(8)1(4(10,11)12)3(9,18)5(13,14)6(15,16)17/h18H. The van der Waals surface area contributed by atoms with Crippen LogP contribution in [0.5, 0.6) is 0 Å². The van der Waals surface area contributed by atoms with Gasteiger partial charge in [-0.2, -0.15) is 48.3 Å². The number of hydrogen-bond donors (Lipinski definition) is 1. The lowest BCUT2D eigenvalue weighted by atomic mass is 10.0. The molecule has 0 aliphatic rings. The molecule has 0 fully saturated rings. The summed E-state index contributed by atoms with van der Waals surface area (Å²) in [4.78, 5) is 0. The van der Waals surface area contributed by atoms with Crippen molar-refractivity contribution in [3.63, 3.8) is 0 Å². The van der Waals surface area contributed by atoms with E-state index >= 15 is 0 Å². The SMILES string of the molecule is OC(F)(C(=C(F)F)C(F)(F)F)C(F)(F)C(F)(F)F. The van der Waals surface area contributed by atoms with E-state index in [0.29, 0.717) is 0 Å². The van der Waals surface area contributed by atoms with Crippen LogP contribution in [0.2, 0.25) is 0 Å². The maximum absolute atomic E-state index is 12.6. The molecule has 1 unspecified atom stereocenters. The van der Waals surface area contributed by atoms with Crippen molar-refractivity contribution in [3.8, 4) is 0 Å². The first-order valence-electron chi connectivity index (χ1n) is 3.55. The average molecular weight is 298 g/mol. The van der Waals surface area contributed by atoms with Crippen LogP contribution >= 0.6 is 0 Å². The van der Waals surface area contributed by atoms with Gasteiger partial charge in [-0.1, -0.05) is 0 Å². The summed E-state index contributed by atoms with van der Waals surface area (Å²) in [5.41, 5.74) is -4.31. The lowest BCUT2D eigenvalue weighted by Crippen LogP contribution is -2.57. The molecule has 0 aromatic rings. The van der Waals surface area contributed by atoms with E-state index in [1.165, 1.54) is 0 Å². The van der Waals surface area contributed by atoms with Crippen LogP contribution in [-0.4, -0.2) is 29.2 Å². The molecule has 0 rings (SSSR count). The first kappa shape index (κ1) is 16.9. The van der Waals surface area contributed by atoms with Crippen molar-refractivity contribution in [2.75, 3.05) is 0 Å². The quantitative estimate of drug-likeness (QED) is 0.773. The smallest absolute Gasteiger partial charge is 0.353 e. The van der Waals surface area contributed by atoms with Crippen LogP contribution in [0.1, 0.15) is 0 Å². The molecule has 108 valence electrons. The van der Waals surface area contributed by atoms with E-state index in [2.05, 4.69) is 0 Å². The minimum atomic E-state index is -7.08. The van der Waals surface area contributed by atoms with Gasteiger partial charge in [-0.3, -0.25) is 0 Å². The van der Waals surface area contributed by atoms with Crippen LogP contribution in [0.4, 0.5) is 48.3 Å². The van der Waals surface area contributed by atoms with Crippen LogP contribution in [0.15, 0.2) is 11.7 Å². The zero-order chi connectivity index (χ0) is 15.2. The molecule has 0 aliphatic heterocycles. The predicted molar refractivity (Wildman–Crippen MR) is 32.4 cm³/mol. The Balaban J connectivity index is 6.01. The van der Waals surface area contributed by atoms with Gasteiger partial charge in [0.1, 0.15) is 0 Å². The molecule has 1 N–H and O–H groups in total. The van der Waals surface area contributed by atoms with Crippen LogP contribution in [0, 0.1) is 0 Å². The van der Waals surface area contributed by atoms with Crippen molar-refractivity contribution in [3.05, 3.63) is 11.7 Å². The van der Waals surface area contributed by atoms with Crippen molar-refractivity contribution in [2.24, 2.45) is 0 Å². The lowest BCUT2D eigenvalue weighted by molar-refractivity contribution is -0.369. The molecule has 0 aliphatic carbocycles. The third kappa shape index (κ3) is 2.67. The van der Waals surface area contributed by atoms with Crippen molar-refractivity contribution >= 4 is 0 Å². The summed E-state index contributed by atoms with van der Waals surface area (Å²) in [6.45, 7) is 0. The summed E-state index contributed by atoms with van der Waals surface area (Å²) >= 11 is 0. The van der Waals surface area contributed by atoms with Crippen LogP contribution in [-0.2, 0) is 0 Å². The largest absolute Gasteiger partial charge is 0.459 e. The number of alkyl halides is 9. The molecule has 1 atom stereocenters. The first-order chi connectivity index (χ1) is 7.57. The molecule has 0 radical (unpaired) electrons. The number of rotatable bonds is 2. The summed E-state index contributed by atoms with van der Waals surface area (Å²) in [5, 5.41) is 7.95. The molecule has 0 bridgehead atoms. The van der Waals surface area contributed by atoms with E-state index < -0.39 is 35.8 Å². The van der Waals surface area contributed by atoms with Gasteiger partial charge in [0.15, 0.2) is 5.57 Å². The highest BCUT2D eigenvalue weighted by Gasteiger charge is 2.76. The summed E-state index contributed by atoms with van der Waals surface area (Å²) in [6, 6.07) is 0. The average Bonchev–Trinajstić information content (AvgIpc) is 1.95. The molecule has 0 aromatic heterocycles. The number of aliphatic hydroxyl groups is 1. The molecule has 0 spiro atoms. The molecular formula is C6HF11O. The van der Waals surface area contributed by atoms with E-state index in [1.54, 1.807) is 0 Å².